The zero-order valence-electron chi connectivity index (χ0n) is 54.2. The molecule has 3 aromatic rings. The van der Waals surface area contributed by atoms with Crippen LogP contribution in [0.5, 0.6) is 0 Å². The van der Waals surface area contributed by atoms with E-state index in [4.69, 9.17) is 32.8 Å². The standard InChI is InChI=1S/C74H91NO15Si/c1-10-14-15-16-17-18-19-20-21-22-23-24-25-26-27-28-29-30-40-47-59(78)86-57-48-58-72(50-84-58,88-53(7)77)64-66(87-68(81)56-45-38-33-39-46-56)73(83)49-74(51(5)60(71(73,74)9)62(85-52(6)76)65(79)70(57,64)8)89-69(82)63(90-91(11-2,12-3)13-4)61(54-41-34-31-35-42-54)75-67(80)55-43-36-32-37-44-55/h14-15,17-18,20-21,23-24,26-27,29-39,41-46,57-58,61-64,66,83H,10-13,16,19,22,25,28,40,47-50H2,1-9H3,(H,75,80)/b15-14-,18-17-,21-20-,24-23-,27-26-,30-29-/t57-,58+,61?,62+,63-,64-,66-,70+,71+,72-,73+,74?/m0/s1. The number of ketones is 1. The third-order valence-electron chi connectivity index (χ3n) is 19.7. The second-order valence-electron chi connectivity index (χ2n) is 24.8. The van der Waals surface area contributed by atoms with Crippen LogP contribution in [0, 0.1) is 16.7 Å². The molecule has 4 aliphatic carbocycles. The van der Waals surface area contributed by atoms with E-state index in [2.05, 4.69) is 66.9 Å². The Balaban J connectivity index is 1.14. The minimum Gasteiger partial charge on any atom is -0.461 e. The van der Waals surface area contributed by atoms with Gasteiger partial charge in [-0.15, -0.1) is 0 Å². The van der Waals surface area contributed by atoms with Crippen LogP contribution in [0.25, 0.3) is 0 Å². The number of esters is 5. The Morgan fingerprint density at radius 1 is 0.681 bits per heavy atom. The number of ether oxygens (including phenoxy) is 6. The van der Waals surface area contributed by atoms with Gasteiger partial charge in [-0.05, 0) is 125 Å². The fraction of sp³-hybridized carbons (Fsp3) is 0.473. The maximum absolute atomic E-state index is 16.5. The Morgan fingerprint density at radius 2 is 1.21 bits per heavy atom. The minimum atomic E-state index is -2.80. The molecule has 1 heterocycles. The number of benzene rings is 3. The zero-order valence-corrected chi connectivity index (χ0v) is 55.2. The van der Waals surface area contributed by atoms with Crippen molar-refractivity contribution in [3.63, 3.8) is 0 Å². The van der Waals surface area contributed by atoms with Gasteiger partial charge < -0.3 is 43.3 Å². The maximum atomic E-state index is 16.5. The van der Waals surface area contributed by atoms with Crippen LogP contribution in [-0.4, -0.2) is 109 Å². The summed E-state index contributed by atoms with van der Waals surface area (Å²) in [7, 11) is -2.80. The number of Topliss-reactive ketones (excluding diaryl/α,β-unsaturated/α-hetero) is 1. The van der Waals surface area contributed by atoms with E-state index in [1.807, 2.05) is 45.1 Å². The van der Waals surface area contributed by atoms with Crippen molar-refractivity contribution in [2.24, 2.45) is 16.7 Å². The molecular formula is C74H91NO15Si. The molecule has 91 heavy (non-hydrogen) atoms. The number of fused-ring (bicyclic) bond motifs is 3. The lowest BCUT2D eigenvalue weighted by atomic mass is 9.30. The molecule has 1 amide bonds. The zero-order chi connectivity index (χ0) is 65.6. The van der Waals surface area contributed by atoms with Gasteiger partial charge in [0.1, 0.15) is 29.5 Å². The summed E-state index contributed by atoms with van der Waals surface area (Å²) in [6, 6.07) is 26.3. The van der Waals surface area contributed by atoms with E-state index < -0.39 is 126 Å². The van der Waals surface area contributed by atoms with E-state index in [1.54, 1.807) is 86.6 Å². The summed E-state index contributed by atoms with van der Waals surface area (Å²) in [6.45, 7) is 14.9. The van der Waals surface area contributed by atoms with Gasteiger partial charge in [0.05, 0.1) is 35.0 Å². The maximum Gasteiger partial charge on any atom is 0.338 e. The first-order valence-electron chi connectivity index (χ1n) is 32.3. The summed E-state index contributed by atoms with van der Waals surface area (Å²) in [6.07, 6.45) is 22.2. The third-order valence-corrected chi connectivity index (χ3v) is 24.3. The first kappa shape index (κ1) is 69.3. The number of carbonyl (C=O) groups is 7. The van der Waals surface area contributed by atoms with Gasteiger partial charge in [-0.1, -0.05) is 167 Å². The van der Waals surface area contributed by atoms with Crippen LogP contribution < -0.4 is 5.32 Å². The van der Waals surface area contributed by atoms with E-state index >= 15 is 9.59 Å². The fourth-order valence-electron chi connectivity index (χ4n) is 14.6. The molecule has 2 unspecified atom stereocenters. The number of nitrogens with one attached hydrogen (secondary N) is 1. The molecule has 1 saturated heterocycles. The second kappa shape index (κ2) is 30.2. The molecule has 1 aliphatic heterocycles. The lowest BCUT2D eigenvalue weighted by Gasteiger charge is -2.78. The van der Waals surface area contributed by atoms with E-state index in [-0.39, 0.29) is 42.6 Å². The topological polar surface area (TPSA) is 216 Å². The number of carbonyl (C=O) groups excluding carboxylic acids is 7. The van der Waals surface area contributed by atoms with Crippen LogP contribution in [0.4, 0.5) is 0 Å². The first-order valence-corrected chi connectivity index (χ1v) is 34.8. The fourth-order valence-corrected chi connectivity index (χ4v) is 17.4. The summed E-state index contributed by atoms with van der Waals surface area (Å²) < 4.78 is 46.0. The van der Waals surface area contributed by atoms with Crippen molar-refractivity contribution in [1.29, 1.82) is 0 Å². The largest absolute Gasteiger partial charge is 0.461 e. The molecule has 17 heteroatoms. The number of hydrogen-bond acceptors (Lipinski definition) is 15. The summed E-state index contributed by atoms with van der Waals surface area (Å²) in [4.78, 5) is 103. The summed E-state index contributed by atoms with van der Waals surface area (Å²) in [5.41, 5.74) is -8.66. The molecule has 16 nitrogen and oxygen atoms in total. The Bertz CT molecular complexity index is 3310. The summed E-state index contributed by atoms with van der Waals surface area (Å²) in [5.74, 6) is -6.99. The smallest absolute Gasteiger partial charge is 0.338 e. The second-order valence-corrected chi connectivity index (χ2v) is 29.6. The third kappa shape index (κ3) is 14.0. The summed E-state index contributed by atoms with van der Waals surface area (Å²) in [5, 5.41) is 17.3. The molecule has 3 saturated carbocycles. The normalized spacial score (nSPS) is 28.2. The van der Waals surface area contributed by atoms with Crippen LogP contribution in [0.1, 0.15) is 159 Å². The molecule has 8 rings (SSSR count). The highest BCUT2D eigenvalue weighted by Gasteiger charge is 2.90. The van der Waals surface area contributed by atoms with Gasteiger partial charge in [0.2, 0.25) is 0 Å². The molecule has 4 fully saturated rings. The van der Waals surface area contributed by atoms with Gasteiger partial charge in [-0.25, -0.2) is 9.59 Å². The van der Waals surface area contributed by atoms with Crippen molar-refractivity contribution in [3.8, 4) is 0 Å². The SMILES string of the molecule is CC/C=C\C/C=C\C/C=C\C/C=C\C/C=C\C/C=C\CCC(=O)O[C@H]1C[C@H]2OC[C@@]2(OC(C)=O)[C@H]2[C@H](OC(=O)c3ccccc3)[C@]3(O)CC4(OC(=O)[C@@H](O[Si](CC)(CC)CC)C(NC(=O)c5ccccc5)c5ccccc5)C(C)=C([C@@H](OC(C)=O)C(=O)[C@]12C)[C@@]43C. The number of amides is 1. The Hall–Kier alpha value is -7.57. The van der Waals surface area contributed by atoms with Crippen molar-refractivity contribution >= 4 is 49.9 Å². The quantitative estimate of drug-likeness (QED) is 0.0275. The van der Waals surface area contributed by atoms with E-state index in [0.717, 1.165) is 39.0 Å². The number of hydrogen-bond donors (Lipinski definition) is 2. The molecule has 12 atom stereocenters. The van der Waals surface area contributed by atoms with Gasteiger partial charge in [-0.3, -0.25) is 24.0 Å². The van der Waals surface area contributed by atoms with Crippen LogP contribution in [0.15, 0.2) is 175 Å². The Kier molecular flexibility index (Phi) is 23.0. The molecule has 486 valence electrons. The van der Waals surface area contributed by atoms with Gasteiger partial charge >= 0.3 is 29.8 Å². The molecule has 0 radical (unpaired) electrons. The highest BCUT2D eigenvalue weighted by molar-refractivity contribution is 6.73. The number of allylic oxidation sites excluding steroid dienone is 12. The first-order chi connectivity index (χ1) is 43.7. The van der Waals surface area contributed by atoms with E-state index in [9.17, 15) is 29.1 Å². The van der Waals surface area contributed by atoms with Gasteiger partial charge in [-0.2, -0.15) is 0 Å². The molecular weight excluding hydrogens is 1170 g/mol. The van der Waals surface area contributed by atoms with Crippen molar-refractivity contribution in [1.82, 2.24) is 5.32 Å². The van der Waals surface area contributed by atoms with Gasteiger partial charge in [0.25, 0.3) is 5.91 Å². The minimum absolute atomic E-state index is 0.0813. The highest BCUT2D eigenvalue weighted by atomic mass is 28.4. The predicted octanol–water partition coefficient (Wildman–Crippen LogP) is 13.2. The Morgan fingerprint density at radius 3 is 1.71 bits per heavy atom. The van der Waals surface area contributed by atoms with Crippen molar-refractivity contribution in [2.75, 3.05) is 6.61 Å². The average Bonchev–Trinajstić information content (AvgIpc) is 0.622. The lowest BCUT2D eigenvalue weighted by Crippen LogP contribution is -2.90. The van der Waals surface area contributed by atoms with Crippen molar-refractivity contribution in [2.45, 2.75) is 198 Å². The van der Waals surface area contributed by atoms with Crippen molar-refractivity contribution in [3.05, 3.63) is 192 Å². The number of aliphatic hydroxyl groups is 1. The highest BCUT2D eigenvalue weighted by Crippen LogP contribution is 2.78. The van der Waals surface area contributed by atoms with Crippen LogP contribution in [0.3, 0.4) is 0 Å². The van der Waals surface area contributed by atoms with Crippen LogP contribution in [-0.2, 0) is 56.8 Å². The molecule has 3 aromatic carbocycles. The molecule has 0 aromatic heterocycles. The summed E-state index contributed by atoms with van der Waals surface area (Å²) >= 11 is 0. The molecule has 0 bridgehead atoms. The molecule has 5 aliphatic rings. The monoisotopic (exact) mass is 1260 g/mol. The Labute approximate surface area is 537 Å². The van der Waals surface area contributed by atoms with Gasteiger partial charge in [0.15, 0.2) is 31.9 Å². The van der Waals surface area contributed by atoms with Crippen molar-refractivity contribution < 1.29 is 71.5 Å². The van der Waals surface area contributed by atoms with E-state index in [0.29, 0.717) is 35.7 Å². The average molecular weight is 1260 g/mol. The van der Waals surface area contributed by atoms with E-state index in [1.165, 1.54) is 26.0 Å². The van der Waals surface area contributed by atoms with Gasteiger partial charge in [0, 0.05) is 38.7 Å². The molecule has 2 N–H and O–H groups in total. The van der Waals surface area contributed by atoms with Crippen LogP contribution >= 0.6 is 0 Å². The van der Waals surface area contributed by atoms with Crippen LogP contribution in [0.2, 0.25) is 18.1 Å². The predicted molar refractivity (Wildman–Crippen MR) is 348 cm³/mol. The molecule has 0 spiro atoms. The number of rotatable bonds is 30. The lowest BCUT2D eigenvalue weighted by molar-refractivity contribution is -0.376.